The summed E-state index contributed by atoms with van der Waals surface area (Å²) >= 11 is 0. The smallest absolute Gasteiger partial charge is 0.313 e. The molecule has 7 nitrogen and oxygen atoms in total. The third-order valence-corrected chi connectivity index (χ3v) is 6.35. The van der Waals surface area contributed by atoms with Gasteiger partial charge in [0.2, 0.25) is 0 Å². The molecule has 2 N–H and O–H groups in total. The normalized spacial score (nSPS) is 13.7. The van der Waals surface area contributed by atoms with E-state index in [1.807, 2.05) is 25.1 Å². The predicted molar refractivity (Wildman–Crippen MR) is 137 cm³/mol. The summed E-state index contributed by atoms with van der Waals surface area (Å²) in [6, 6.07) is 25.2. The summed E-state index contributed by atoms with van der Waals surface area (Å²) in [4.78, 5) is 29.6. The van der Waals surface area contributed by atoms with E-state index in [1.165, 1.54) is 11.1 Å². The zero-order valence-electron chi connectivity index (χ0n) is 20.0. The average Bonchev–Trinajstić information content (AvgIpc) is 2.89. The molecule has 7 heteroatoms. The Morgan fingerprint density at radius 1 is 0.971 bits per heavy atom. The molecule has 0 spiro atoms. The molecule has 1 aliphatic heterocycles. The maximum atomic E-state index is 12.7. The van der Waals surface area contributed by atoms with Crippen LogP contribution in [0.5, 0.6) is 0 Å². The molecule has 178 valence electrons. The van der Waals surface area contributed by atoms with Crippen LogP contribution in [0.4, 0.5) is 11.4 Å². The fourth-order valence-corrected chi connectivity index (χ4v) is 4.37. The van der Waals surface area contributed by atoms with Gasteiger partial charge in [-0.25, -0.2) is 0 Å². The van der Waals surface area contributed by atoms with Crippen molar-refractivity contribution in [3.8, 4) is 6.07 Å². The molecule has 1 atom stereocenters. The topological polar surface area (TPSA) is 88.5 Å². The standard InChI is InChI=1S/C28H29N5O2/c1-32(2)24-13-11-21(12-14-24)26(33-16-15-20-7-3-4-9-23(20)19-33)18-30-27(34)28(35)31-25-10-6-5-8-22(25)17-29/h3-14,26H,15-16,18-19H2,1-2H3,(H,30,34)(H,31,35). The molecule has 0 saturated heterocycles. The Morgan fingerprint density at radius 3 is 2.37 bits per heavy atom. The van der Waals surface area contributed by atoms with E-state index in [0.717, 1.165) is 30.8 Å². The van der Waals surface area contributed by atoms with Crippen LogP contribution in [0.25, 0.3) is 0 Å². The van der Waals surface area contributed by atoms with Crippen LogP contribution < -0.4 is 15.5 Å². The summed E-state index contributed by atoms with van der Waals surface area (Å²) in [5.41, 5.74) is 5.43. The first kappa shape index (κ1) is 24.0. The van der Waals surface area contributed by atoms with Gasteiger partial charge in [0.15, 0.2) is 0 Å². The van der Waals surface area contributed by atoms with Gasteiger partial charge >= 0.3 is 11.8 Å². The Hall–Kier alpha value is -4.15. The number of carbonyl (C=O) groups excluding carboxylic acids is 2. The third-order valence-electron chi connectivity index (χ3n) is 6.35. The molecule has 35 heavy (non-hydrogen) atoms. The van der Waals surface area contributed by atoms with Gasteiger partial charge in [0.1, 0.15) is 6.07 Å². The Morgan fingerprint density at radius 2 is 1.66 bits per heavy atom. The van der Waals surface area contributed by atoms with Gasteiger partial charge in [0, 0.05) is 39.4 Å². The second-order valence-corrected chi connectivity index (χ2v) is 8.81. The van der Waals surface area contributed by atoms with Crippen molar-refractivity contribution in [3.05, 3.63) is 95.1 Å². The number of nitrogens with zero attached hydrogens (tertiary/aromatic N) is 3. The van der Waals surface area contributed by atoms with Crippen molar-refractivity contribution in [3.63, 3.8) is 0 Å². The van der Waals surface area contributed by atoms with Gasteiger partial charge in [-0.15, -0.1) is 0 Å². The maximum Gasteiger partial charge on any atom is 0.313 e. The lowest BCUT2D eigenvalue weighted by Crippen LogP contribution is -2.43. The van der Waals surface area contributed by atoms with Crippen molar-refractivity contribution in [2.24, 2.45) is 0 Å². The first-order valence-corrected chi connectivity index (χ1v) is 11.6. The molecule has 3 aromatic carbocycles. The van der Waals surface area contributed by atoms with Crippen LogP contribution in [0.3, 0.4) is 0 Å². The minimum atomic E-state index is -0.793. The number of anilines is 2. The van der Waals surface area contributed by atoms with Gasteiger partial charge in [-0.2, -0.15) is 5.26 Å². The highest BCUT2D eigenvalue weighted by Crippen LogP contribution is 2.28. The van der Waals surface area contributed by atoms with Crippen molar-refractivity contribution < 1.29 is 9.59 Å². The molecular weight excluding hydrogens is 438 g/mol. The number of para-hydroxylation sites is 1. The zero-order chi connectivity index (χ0) is 24.8. The van der Waals surface area contributed by atoms with E-state index in [2.05, 4.69) is 64.1 Å². The maximum absolute atomic E-state index is 12.7. The summed E-state index contributed by atoms with van der Waals surface area (Å²) in [5.74, 6) is -1.52. The summed E-state index contributed by atoms with van der Waals surface area (Å²) in [5, 5.41) is 14.6. The summed E-state index contributed by atoms with van der Waals surface area (Å²) < 4.78 is 0. The quantitative estimate of drug-likeness (QED) is 0.542. The fourth-order valence-electron chi connectivity index (χ4n) is 4.37. The third kappa shape index (κ3) is 5.68. The largest absolute Gasteiger partial charge is 0.378 e. The van der Waals surface area contributed by atoms with Crippen LogP contribution in [0, 0.1) is 11.3 Å². The number of hydrogen-bond acceptors (Lipinski definition) is 5. The van der Waals surface area contributed by atoms with Gasteiger partial charge < -0.3 is 15.5 Å². The van der Waals surface area contributed by atoms with Crippen LogP contribution >= 0.6 is 0 Å². The van der Waals surface area contributed by atoms with Crippen LogP contribution in [0.1, 0.15) is 28.3 Å². The summed E-state index contributed by atoms with van der Waals surface area (Å²) in [6.45, 7) is 1.91. The number of fused-ring (bicyclic) bond motifs is 1. The Labute approximate surface area is 206 Å². The number of amides is 2. The van der Waals surface area contributed by atoms with Crippen molar-refractivity contribution in [1.82, 2.24) is 10.2 Å². The van der Waals surface area contributed by atoms with Crippen LogP contribution in [0.2, 0.25) is 0 Å². The molecule has 0 radical (unpaired) electrons. The molecule has 1 unspecified atom stereocenters. The average molecular weight is 468 g/mol. The van der Waals surface area contributed by atoms with Crippen LogP contribution in [-0.2, 0) is 22.6 Å². The highest BCUT2D eigenvalue weighted by Gasteiger charge is 2.26. The van der Waals surface area contributed by atoms with E-state index in [1.54, 1.807) is 24.3 Å². The highest BCUT2D eigenvalue weighted by atomic mass is 16.2. The van der Waals surface area contributed by atoms with Crippen LogP contribution in [0.15, 0.2) is 72.8 Å². The van der Waals surface area contributed by atoms with Crippen LogP contribution in [-0.4, -0.2) is 43.9 Å². The number of hydrogen-bond donors (Lipinski definition) is 2. The molecule has 0 aromatic heterocycles. The molecule has 3 aromatic rings. The summed E-state index contributed by atoms with van der Waals surface area (Å²) in [6.07, 6.45) is 0.932. The second kappa shape index (κ2) is 10.9. The van der Waals surface area contributed by atoms with E-state index in [4.69, 9.17) is 0 Å². The van der Waals surface area contributed by atoms with Crippen molar-refractivity contribution in [2.45, 2.75) is 19.0 Å². The molecular formula is C28H29N5O2. The Kier molecular flexibility index (Phi) is 7.44. The number of nitrogens with one attached hydrogen (secondary N) is 2. The van der Waals surface area contributed by atoms with Gasteiger partial charge in [-0.3, -0.25) is 14.5 Å². The van der Waals surface area contributed by atoms with Gasteiger partial charge in [0.25, 0.3) is 0 Å². The first-order chi connectivity index (χ1) is 17.0. The lowest BCUT2D eigenvalue weighted by molar-refractivity contribution is -0.136. The first-order valence-electron chi connectivity index (χ1n) is 11.6. The number of nitriles is 1. The molecule has 4 rings (SSSR count). The van der Waals surface area contributed by atoms with Gasteiger partial charge in [-0.1, -0.05) is 48.5 Å². The monoisotopic (exact) mass is 467 g/mol. The summed E-state index contributed by atoms with van der Waals surface area (Å²) in [7, 11) is 3.99. The minimum Gasteiger partial charge on any atom is -0.378 e. The fraction of sp³-hybridized carbons (Fsp3) is 0.250. The molecule has 2 amide bonds. The molecule has 0 aliphatic carbocycles. The van der Waals surface area contributed by atoms with Gasteiger partial charge in [-0.05, 0) is 47.4 Å². The molecule has 1 heterocycles. The van der Waals surface area contributed by atoms with Crippen molar-refractivity contribution in [2.75, 3.05) is 37.4 Å². The molecule has 0 bridgehead atoms. The van der Waals surface area contributed by atoms with E-state index < -0.39 is 11.8 Å². The highest BCUT2D eigenvalue weighted by molar-refractivity contribution is 6.39. The number of rotatable bonds is 6. The predicted octanol–water partition coefficient (Wildman–Crippen LogP) is 3.48. The van der Waals surface area contributed by atoms with E-state index in [9.17, 15) is 14.9 Å². The Balaban J connectivity index is 1.50. The van der Waals surface area contributed by atoms with E-state index in [-0.39, 0.29) is 12.6 Å². The second-order valence-electron chi connectivity index (χ2n) is 8.81. The molecule has 1 aliphatic rings. The van der Waals surface area contributed by atoms with Crippen molar-refractivity contribution >= 4 is 23.2 Å². The Bertz CT molecular complexity index is 1250. The minimum absolute atomic E-state index is 0.0947. The lowest BCUT2D eigenvalue weighted by atomic mass is 9.96. The molecule has 0 saturated carbocycles. The zero-order valence-corrected chi connectivity index (χ0v) is 20.0. The lowest BCUT2D eigenvalue weighted by Gasteiger charge is -2.36. The van der Waals surface area contributed by atoms with Crippen molar-refractivity contribution in [1.29, 1.82) is 5.26 Å². The number of benzene rings is 3. The van der Waals surface area contributed by atoms with Gasteiger partial charge in [0.05, 0.1) is 17.3 Å². The van der Waals surface area contributed by atoms with E-state index >= 15 is 0 Å². The number of carbonyl (C=O) groups is 2. The van der Waals surface area contributed by atoms with E-state index in [0.29, 0.717) is 11.3 Å². The molecule has 0 fully saturated rings. The SMILES string of the molecule is CN(C)c1ccc(C(CNC(=O)C(=O)Nc2ccccc2C#N)N2CCc3ccccc3C2)cc1.